The van der Waals surface area contributed by atoms with Gasteiger partial charge in [-0.3, -0.25) is 0 Å². The van der Waals surface area contributed by atoms with Gasteiger partial charge >= 0.3 is 12.0 Å². The first-order valence-corrected chi connectivity index (χ1v) is 7.83. The fourth-order valence-electron chi connectivity index (χ4n) is 2.24. The predicted octanol–water partition coefficient (Wildman–Crippen LogP) is 3.21. The van der Waals surface area contributed by atoms with E-state index >= 15 is 0 Å². The summed E-state index contributed by atoms with van der Waals surface area (Å²) in [6, 6.07) is 12.6. The smallest absolute Gasteiger partial charge is 0.358 e. The van der Waals surface area contributed by atoms with E-state index in [2.05, 4.69) is 30.2 Å². The number of methoxy groups -OCH3 is 1. The number of rotatable bonds is 5. The van der Waals surface area contributed by atoms with E-state index < -0.39 is 5.97 Å². The third-order valence-electron chi connectivity index (χ3n) is 3.34. The zero-order valence-electron chi connectivity index (χ0n) is 14.6. The number of carbonyl (C=O) groups is 1. The number of aryl methyl sites for hydroxylation is 2. The van der Waals surface area contributed by atoms with Crippen molar-refractivity contribution in [3.05, 3.63) is 59.5 Å². The van der Waals surface area contributed by atoms with Crippen LogP contribution in [-0.4, -0.2) is 33.2 Å². The van der Waals surface area contributed by atoms with Gasteiger partial charge in [-0.1, -0.05) is 6.07 Å². The molecule has 8 nitrogen and oxygen atoms in total. The Morgan fingerprint density at radius 2 is 1.77 bits per heavy atom. The van der Waals surface area contributed by atoms with E-state index in [0.29, 0.717) is 17.6 Å². The van der Waals surface area contributed by atoms with Crippen molar-refractivity contribution in [3.8, 4) is 11.8 Å². The number of ether oxygens (including phenoxy) is 2. The van der Waals surface area contributed by atoms with Gasteiger partial charge in [0.2, 0.25) is 0 Å². The molecule has 1 N–H and O–H groups in total. The molecule has 3 rings (SSSR count). The third kappa shape index (κ3) is 4.29. The van der Waals surface area contributed by atoms with E-state index in [1.165, 1.54) is 13.2 Å². The van der Waals surface area contributed by atoms with E-state index in [9.17, 15) is 4.79 Å². The molecule has 0 aliphatic carbocycles. The van der Waals surface area contributed by atoms with Crippen molar-refractivity contribution in [3.63, 3.8) is 0 Å². The normalized spacial score (nSPS) is 10.3. The molecule has 26 heavy (non-hydrogen) atoms. The summed E-state index contributed by atoms with van der Waals surface area (Å²) < 4.78 is 10.3. The summed E-state index contributed by atoms with van der Waals surface area (Å²) in [5.41, 5.74) is 2.56. The number of carbonyl (C=O) groups excluding carboxylic acids is 1. The molecule has 8 heteroatoms. The van der Waals surface area contributed by atoms with Crippen LogP contribution in [0.25, 0.3) is 0 Å². The summed E-state index contributed by atoms with van der Waals surface area (Å²) in [6.07, 6.45) is 0. The van der Waals surface area contributed by atoms with Gasteiger partial charge in [0.05, 0.1) is 7.11 Å². The lowest BCUT2D eigenvalue weighted by Gasteiger charge is -2.09. The van der Waals surface area contributed by atoms with Gasteiger partial charge in [-0.15, -0.1) is 10.2 Å². The molecular formula is C18H17N5O3. The number of aromatic nitrogens is 4. The van der Waals surface area contributed by atoms with E-state index in [4.69, 9.17) is 4.74 Å². The van der Waals surface area contributed by atoms with Gasteiger partial charge in [0.25, 0.3) is 0 Å². The van der Waals surface area contributed by atoms with Gasteiger partial charge in [0.15, 0.2) is 11.5 Å². The second-order valence-electron chi connectivity index (χ2n) is 5.48. The van der Waals surface area contributed by atoms with Crippen LogP contribution in [0.5, 0.6) is 11.8 Å². The first-order chi connectivity index (χ1) is 12.5. The van der Waals surface area contributed by atoms with Crippen LogP contribution >= 0.6 is 0 Å². The average Bonchev–Trinajstić information content (AvgIpc) is 2.61. The number of esters is 1. The summed E-state index contributed by atoms with van der Waals surface area (Å²) >= 11 is 0. The average molecular weight is 351 g/mol. The summed E-state index contributed by atoms with van der Waals surface area (Å²) in [5.74, 6) is 0.532. The molecule has 0 atom stereocenters. The molecule has 132 valence electrons. The van der Waals surface area contributed by atoms with Crippen LogP contribution in [0.4, 0.5) is 11.5 Å². The number of anilines is 2. The fourth-order valence-corrected chi connectivity index (χ4v) is 2.24. The fraction of sp³-hybridized carbons (Fsp3) is 0.167. The highest BCUT2D eigenvalue weighted by molar-refractivity contribution is 5.87. The molecule has 0 aliphatic heterocycles. The van der Waals surface area contributed by atoms with Crippen LogP contribution < -0.4 is 10.1 Å². The molecule has 0 unspecified atom stereocenters. The number of hydrogen-bond donors (Lipinski definition) is 1. The lowest BCUT2D eigenvalue weighted by Crippen LogP contribution is -2.06. The van der Waals surface area contributed by atoms with Crippen molar-refractivity contribution in [2.24, 2.45) is 0 Å². The number of benzene rings is 1. The molecule has 0 fully saturated rings. The van der Waals surface area contributed by atoms with Crippen molar-refractivity contribution < 1.29 is 14.3 Å². The topological polar surface area (TPSA) is 99.1 Å². The van der Waals surface area contributed by atoms with E-state index in [0.717, 1.165) is 17.1 Å². The molecule has 0 saturated heterocycles. The Morgan fingerprint density at radius 3 is 2.42 bits per heavy atom. The molecule has 0 bridgehead atoms. The van der Waals surface area contributed by atoms with Crippen LogP contribution in [0.15, 0.2) is 42.5 Å². The summed E-state index contributed by atoms with van der Waals surface area (Å²) in [5, 5.41) is 10.9. The molecule has 0 radical (unpaired) electrons. The van der Waals surface area contributed by atoms with Gasteiger partial charge < -0.3 is 14.8 Å². The largest absolute Gasteiger partial charge is 0.464 e. The quantitative estimate of drug-likeness (QED) is 0.700. The van der Waals surface area contributed by atoms with Crippen molar-refractivity contribution in [2.75, 3.05) is 12.4 Å². The van der Waals surface area contributed by atoms with Crippen LogP contribution in [0.3, 0.4) is 0 Å². The first-order valence-electron chi connectivity index (χ1n) is 7.83. The monoisotopic (exact) mass is 351 g/mol. The molecule has 2 aromatic heterocycles. The molecule has 2 heterocycles. The highest BCUT2D eigenvalue weighted by Crippen LogP contribution is 2.24. The molecule has 0 aliphatic rings. The van der Waals surface area contributed by atoms with Gasteiger partial charge in [-0.25, -0.2) is 14.8 Å². The lowest BCUT2D eigenvalue weighted by molar-refractivity contribution is 0.0593. The maximum Gasteiger partial charge on any atom is 0.358 e. The Morgan fingerprint density at radius 1 is 1.00 bits per heavy atom. The standard InChI is InChI=1S/C18H17N5O3/c1-11-9-12(2)20-18(19-11)26-14-6-4-5-13(10-14)21-16-8-7-15(22-23-16)17(24)25-3/h4-10H,1-3H3,(H,21,23). The van der Waals surface area contributed by atoms with E-state index in [1.54, 1.807) is 18.2 Å². The highest BCUT2D eigenvalue weighted by atomic mass is 16.5. The SMILES string of the molecule is COC(=O)c1ccc(Nc2cccc(Oc3nc(C)cc(C)n3)c2)nn1. The maximum absolute atomic E-state index is 11.4. The second-order valence-corrected chi connectivity index (χ2v) is 5.48. The number of nitrogens with one attached hydrogen (secondary N) is 1. The molecule has 0 saturated carbocycles. The lowest BCUT2D eigenvalue weighted by atomic mass is 10.3. The Labute approximate surface area is 150 Å². The van der Waals surface area contributed by atoms with Gasteiger partial charge in [0.1, 0.15) is 5.75 Å². The Bertz CT molecular complexity index is 908. The van der Waals surface area contributed by atoms with Crippen molar-refractivity contribution in [2.45, 2.75) is 13.8 Å². The van der Waals surface area contributed by atoms with Crippen LogP contribution in [0.2, 0.25) is 0 Å². The van der Waals surface area contributed by atoms with Gasteiger partial charge in [-0.05, 0) is 44.2 Å². The van der Waals surface area contributed by atoms with Gasteiger partial charge in [-0.2, -0.15) is 0 Å². The molecular weight excluding hydrogens is 334 g/mol. The highest BCUT2D eigenvalue weighted by Gasteiger charge is 2.08. The van der Waals surface area contributed by atoms with E-state index in [1.807, 2.05) is 32.0 Å². The summed E-state index contributed by atoms with van der Waals surface area (Å²) in [6.45, 7) is 3.77. The molecule has 0 spiro atoms. The zero-order valence-corrected chi connectivity index (χ0v) is 14.6. The molecule has 0 amide bonds. The zero-order chi connectivity index (χ0) is 18.5. The third-order valence-corrected chi connectivity index (χ3v) is 3.34. The Kier molecular flexibility index (Phi) is 5.02. The van der Waals surface area contributed by atoms with Crippen molar-refractivity contribution in [1.29, 1.82) is 0 Å². The van der Waals surface area contributed by atoms with Crippen LogP contribution in [0.1, 0.15) is 21.9 Å². The Hall–Kier alpha value is -3.55. The Balaban J connectivity index is 1.74. The van der Waals surface area contributed by atoms with Crippen molar-refractivity contribution in [1.82, 2.24) is 20.2 Å². The molecule has 1 aromatic carbocycles. The number of nitrogens with zero attached hydrogens (tertiary/aromatic N) is 4. The number of hydrogen-bond acceptors (Lipinski definition) is 8. The summed E-state index contributed by atoms with van der Waals surface area (Å²) in [7, 11) is 1.29. The predicted molar refractivity (Wildman–Crippen MR) is 94.7 cm³/mol. The van der Waals surface area contributed by atoms with Gasteiger partial charge in [0, 0.05) is 23.1 Å². The molecule has 3 aromatic rings. The van der Waals surface area contributed by atoms with Crippen LogP contribution in [-0.2, 0) is 4.74 Å². The summed E-state index contributed by atoms with van der Waals surface area (Å²) in [4.78, 5) is 19.9. The first kappa shape index (κ1) is 17.3. The second kappa shape index (κ2) is 7.56. The minimum Gasteiger partial charge on any atom is -0.464 e. The maximum atomic E-state index is 11.4. The minimum atomic E-state index is -0.534. The van der Waals surface area contributed by atoms with E-state index in [-0.39, 0.29) is 5.69 Å². The van der Waals surface area contributed by atoms with Crippen molar-refractivity contribution >= 4 is 17.5 Å². The van der Waals surface area contributed by atoms with Crippen LogP contribution in [0, 0.1) is 13.8 Å². The minimum absolute atomic E-state index is 0.141.